The first-order valence-corrected chi connectivity index (χ1v) is 12.6. The SMILES string of the molecule is COC(COc1cccc(N(C)C(=S)Oc2ccc(C(C)(C)C)cc2)c1)CN(C)c1cccc(C)c1. The highest BCUT2D eigenvalue weighted by atomic mass is 32.1. The van der Waals surface area contributed by atoms with Crippen LogP contribution in [0.15, 0.2) is 72.8 Å². The lowest BCUT2D eigenvalue weighted by Crippen LogP contribution is -2.34. The second-order valence-corrected chi connectivity index (χ2v) is 10.4. The second kappa shape index (κ2) is 12.2. The van der Waals surface area contributed by atoms with Gasteiger partial charge >= 0.3 is 0 Å². The summed E-state index contributed by atoms with van der Waals surface area (Å²) in [6.45, 7) is 9.80. The Morgan fingerprint density at radius 3 is 2.19 bits per heavy atom. The predicted molar refractivity (Wildman–Crippen MR) is 154 cm³/mol. The molecule has 3 rings (SSSR count). The fourth-order valence-corrected chi connectivity index (χ4v) is 3.94. The van der Waals surface area contributed by atoms with Crippen molar-refractivity contribution in [3.05, 3.63) is 83.9 Å². The molecule has 0 saturated carbocycles. The summed E-state index contributed by atoms with van der Waals surface area (Å²) >= 11 is 5.56. The van der Waals surface area contributed by atoms with Gasteiger partial charge in [0.1, 0.15) is 24.2 Å². The van der Waals surface area contributed by atoms with E-state index >= 15 is 0 Å². The van der Waals surface area contributed by atoms with Gasteiger partial charge in [0.15, 0.2) is 0 Å². The van der Waals surface area contributed by atoms with Gasteiger partial charge in [-0.25, -0.2) is 0 Å². The molecule has 3 aromatic rings. The number of likely N-dealkylation sites (N-methyl/N-ethyl adjacent to an activating group) is 1. The number of hydrogen-bond donors (Lipinski definition) is 0. The van der Waals surface area contributed by atoms with Crippen molar-refractivity contribution in [2.24, 2.45) is 0 Å². The molecule has 0 aromatic heterocycles. The van der Waals surface area contributed by atoms with Crippen LogP contribution in [0, 0.1) is 6.92 Å². The molecular formula is C30H38N2O3S. The van der Waals surface area contributed by atoms with Crippen molar-refractivity contribution in [2.45, 2.75) is 39.2 Å². The van der Waals surface area contributed by atoms with Gasteiger partial charge in [0.05, 0.1) is 0 Å². The minimum atomic E-state index is -0.0858. The highest BCUT2D eigenvalue weighted by Crippen LogP contribution is 2.26. The predicted octanol–water partition coefficient (Wildman–Crippen LogP) is 6.62. The Kier molecular flexibility index (Phi) is 9.35. The number of anilines is 2. The normalized spacial score (nSPS) is 12.1. The Morgan fingerprint density at radius 1 is 0.889 bits per heavy atom. The van der Waals surface area contributed by atoms with E-state index in [1.807, 2.05) is 48.3 Å². The lowest BCUT2D eigenvalue weighted by Gasteiger charge is -2.25. The molecule has 36 heavy (non-hydrogen) atoms. The molecule has 192 valence electrons. The molecule has 0 spiro atoms. The molecule has 0 N–H and O–H groups in total. The maximum Gasteiger partial charge on any atom is 0.269 e. The zero-order chi connectivity index (χ0) is 26.3. The third-order valence-electron chi connectivity index (χ3n) is 6.09. The molecule has 0 amide bonds. The van der Waals surface area contributed by atoms with Crippen molar-refractivity contribution in [3.63, 3.8) is 0 Å². The average Bonchev–Trinajstić information content (AvgIpc) is 2.85. The van der Waals surface area contributed by atoms with Crippen LogP contribution in [0.3, 0.4) is 0 Å². The molecule has 0 aliphatic rings. The Bertz CT molecular complexity index is 1140. The van der Waals surface area contributed by atoms with Crippen LogP contribution in [0.5, 0.6) is 11.5 Å². The summed E-state index contributed by atoms with van der Waals surface area (Å²) in [5.74, 6) is 1.46. The zero-order valence-corrected chi connectivity index (χ0v) is 23.3. The van der Waals surface area contributed by atoms with Crippen LogP contribution in [0.1, 0.15) is 31.9 Å². The van der Waals surface area contributed by atoms with Crippen LogP contribution < -0.4 is 19.3 Å². The van der Waals surface area contributed by atoms with Crippen LogP contribution in [0.4, 0.5) is 11.4 Å². The number of hydrogen-bond acceptors (Lipinski definition) is 5. The quantitative estimate of drug-likeness (QED) is 0.303. The van der Waals surface area contributed by atoms with E-state index in [-0.39, 0.29) is 11.5 Å². The van der Waals surface area contributed by atoms with Crippen molar-refractivity contribution >= 4 is 28.8 Å². The molecule has 1 atom stereocenters. The molecular weight excluding hydrogens is 468 g/mol. The Morgan fingerprint density at radius 2 is 1.56 bits per heavy atom. The highest BCUT2D eigenvalue weighted by Gasteiger charge is 2.16. The molecule has 0 radical (unpaired) electrons. The summed E-state index contributed by atoms with van der Waals surface area (Å²) in [7, 11) is 5.67. The van der Waals surface area contributed by atoms with Gasteiger partial charge in [-0.1, -0.05) is 51.1 Å². The standard InChI is InChI=1S/C30H38N2O3S/c1-22-10-8-11-24(18-22)31(5)20-28(33-7)21-34-27-13-9-12-25(19-27)32(6)29(36)35-26-16-14-23(15-17-26)30(2,3)4/h8-19,28H,20-21H2,1-7H3. The molecule has 6 heteroatoms. The van der Waals surface area contributed by atoms with Gasteiger partial charge < -0.3 is 24.0 Å². The largest absolute Gasteiger partial charge is 0.491 e. The first kappa shape index (κ1) is 27.5. The molecule has 0 aliphatic carbocycles. The Balaban J connectivity index is 1.58. The van der Waals surface area contributed by atoms with Crippen molar-refractivity contribution < 1.29 is 14.2 Å². The van der Waals surface area contributed by atoms with Gasteiger partial charge in [0, 0.05) is 45.2 Å². The highest BCUT2D eigenvalue weighted by molar-refractivity contribution is 7.80. The number of methoxy groups -OCH3 is 1. The number of benzene rings is 3. The van der Waals surface area contributed by atoms with Crippen molar-refractivity contribution in [1.82, 2.24) is 0 Å². The van der Waals surface area contributed by atoms with Crippen LogP contribution in [0.2, 0.25) is 0 Å². The second-order valence-electron chi connectivity index (χ2n) is 10.1. The van der Waals surface area contributed by atoms with E-state index in [2.05, 4.69) is 76.0 Å². The van der Waals surface area contributed by atoms with Crippen LogP contribution in [0.25, 0.3) is 0 Å². The third-order valence-corrected chi connectivity index (χ3v) is 6.45. The van der Waals surface area contributed by atoms with E-state index in [0.29, 0.717) is 24.1 Å². The summed E-state index contributed by atoms with van der Waals surface area (Å²) in [5.41, 5.74) is 4.61. The first-order valence-electron chi connectivity index (χ1n) is 12.2. The smallest absolute Gasteiger partial charge is 0.269 e. The fourth-order valence-electron chi connectivity index (χ4n) is 3.74. The van der Waals surface area contributed by atoms with E-state index in [4.69, 9.17) is 26.4 Å². The molecule has 0 fully saturated rings. The molecule has 0 saturated heterocycles. The van der Waals surface area contributed by atoms with E-state index in [0.717, 1.165) is 17.1 Å². The number of thiocarbonyl (C=S) groups is 1. The average molecular weight is 507 g/mol. The fraction of sp³-hybridized carbons (Fsp3) is 0.367. The number of aryl methyl sites for hydroxylation is 1. The van der Waals surface area contributed by atoms with E-state index in [1.165, 1.54) is 11.1 Å². The van der Waals surface area contributed by atoms with Crippen LogP contribution in [-0.4, -0.2) is 45.6 Å². The zero-order valence-electron chi connectivity index (χ0n) is 22.4. The summed E-state index contributed by atoms with van der Waals surface area (Å²) < 4.78 is 17.7. The van der Waals surface area contributed by atoms with Crippen molar-refractivity contribution in [1.29, 1.82) is 0 Å². The summed E-state index contributed by atoms with van der Waals surface area (Å²) in [4.78, 5) is 4.01. The van der Waals surface area contributed by atoms with Gasteiger partial charge in [0.25, 0.3) is 5.17 Å². The lowest BCUT2D eigenvalue weighted by atomic mass is 9.87. The van der Waals surface area contributed by atoms with Gasteiger partial charge in [-0.05, 0) is 72.1 Å². The summed E-state index contributed by atoms with van der Waals surface area (Å²) in [6, 6.07) is 24.3. The monoisotopic (exact) mass is 506 g/mol. The molecule has 1 unspecified atom stereocenters. The number of nitrogens with zero attached hydrogens (tertiary/aromatic N) is 2. The Hall–Kier alpha value is -3.09. The lowest BCUT2D eigenvalue weighted by molar-refractivity contribution is 0.0636. The van der Waals surface area contributed by atoms with Gasteiger partial charge in [-0.2, -0.15) is 0 Å². The Labute approximate surface area is 221 Å². The van der Waals surface area contributed by atoms with Gasteiger partial charge in [-0.15, -0.1) is 0 Å². The summed E-state index contributed by atoms with van der Waals surface area (Å²) in [6.07, 6.45) is -0.0858. The summed E-state index contributed by atoms with van der Waals surface area (Å²) in [5, 5.41) is 0.366. The minimum absolute atomic E-state index is 0.0858. The third kappa shape index (κ3) is 7.70. The molecule has 0 bridgehead atoms. The van der Waals surface area contributed by atoms with Gasteiger partial charge in [0.2, 0.25) is 0 Å². The van der Waals surface area contributed by atoms with E-state index < -0.39 is 0 Å². The number of ether oxygens (including phenoxy) is 3. The number of rotatable bonds is 9. The maximum absolute atomic E-state index is 6.09. The minimum Gasteiger partial charge on any atom is -0.491 e. The van der Waals surface area contributed by atoms with Crippen LogP contribution >= 0.6 is 12.2 Å². The van der Waals surface area contributed by atoms with E-state index in [9.17, 15) is 0 Å². The first-order chi connectivity index (χ1) is 17.1. The van der Waals surface area contributed by atoms with E-state index in [1.54, 1.807) is 7.11 Å². The molecule has 5 nitrogen and oxygen atoms in total. The maximum atomic E-state index is 6.09. The van der Waals surface area contributed by atoms with Crippen molar-refractivity contribution in [2.75, 3.05) is 44.2 Å². The molecule has 0 heterocycles. The molecule has 3 aromatic carbocycles. The van der Waals surface area contributed by atoms with Gasteiger partial charge in [-0.3, -0.25) is 0 Å². The molecule has 0 aliphatic heterocycles. The van der Waals surface area contributed by atoms with Crippen LogP contribution in [-0.2, 0) is 10.2 Å². The topological polar surface area (TPSA) is 34.2 Å². The van der Waals surface area contributed by atoms with Crippen molar-refractivity contribution in [3.8, 4) is 11.5 Å².